The Morgan fingerprint density at radius 1 is 1.28 bits per heavy atom. The number of nitrogens with one attached hydrogen (secondary N) is 1. The van der Waals surface area contributed by atoms with Gasteiger partial charge in [-0.3, -0.25) is 14.5 Å². The second-order valence-corrected chi connectivity index (χ2v) is 6.29. The van der Waals surface area contributed by atoms with Gasteiger partial charge in [0.25, 0.3) is 5.91 Å². The topological polar surface area (TPSA) is 82.8 Å². The van der Waals surface area contributed by atoms with E-state index >= 15 is 0 Å². The predicted octanol–water partition coefficient (Wildman–Crippen LogP) is 2.13. The van der Waals surface area contributed by atoms with Gasteiger partial charge in [0.05, 0.1) is 6.54 Å². The van der Waals surface area contributed by atoms with Crippen LogP contribution < -0.4 is 10.7 Å². The molecule has 2 heterocycles. The Balaban J connectivity index is 1.61. The molecule has 1 saturated heterocycles. The van der Waals surface area contributed by atoms with Crippen LogP contribution in [-0.4, -0.2) is 35.0 Å². The normalized spacial score (nSPS) is 18.0. The quantitative estimate of drug-likeness (QED) is 0.870. The fraction of sp³-hybridized carbons (Fsp3) is 0.368. The number of rotatable bonds is 5. The molecule has 1 atom stereocenters. The molecule has 0 saturated carbocycles. The standard InChI is InChI=1S/C19H22N2O4/c22-17-10-16(25-13-18(17)23)12-21-9-5-4-8-15(21)11-20-19(24)14-6-2-1-3-7-14/h1-3,6-7,10,13,15,23H,4-5,8-9,11-12H2,(H,20,24)/t15-/m0/s1. The summed E-state index contributed by atoms with van der Waals surface area (Å²) < 4.78 is 5.31. The van der Waals surface area contributed by atoms with Crippen LogP contribution in [0.5, 0.6) is 5.75 Å². The number of piperidine rings is 1. The van der Waals surface area contributed by atoms with E-state index in [0.29, 0.717) is 24.4 Å². The van der Waals surface area contributed by atoms with E-state index in [2.05, 4.69) is 10.2 Å². The Bertz CT molecular complexity index is 772. The fourth-order valence-corrected chi connectivity index (χ4v) is 3.13. The van der Waals surface area contributed by atoms with Crippen molar-refractivity contribution < 1.29 is 14.3 Å². The van der Waals surface area contributed by atoms with Crippen molar-refractivity contribution in [2.45, 2.75) is 31.8 Å². The van der Waals surface area contributed by atoms with Gasteiger partial charge in [0.15, 0.2) is 5.75 Å². The fourth-order valence-electron chi connectivity index (χ4n) is 3.13. The van der Waals surface area contributed by atoms with Crippen LogP contribution in [0.1, 0.15) is 35.4 Å². The van der Waals surface area contributed by atoms with E-state index in [9.17, 15) is 14.7 Å². The highest BCUT2D eigenvalue weighted by atomic mass is 16.4. The lowest BCUT2D eigenvalue weighted by molar-refractivity contribution is 0.0898. The summed E-state index contributed by atoms with van der Waals surface area (Å²) in [5, 5.41) is 12.3. The summed E-state index contributed by atoms with van der Waals surface area (Å²) in [6.45, 7) is 1.92. The molecule has 25 heavy (non-hydrogen) atoms. The third-order valence-electron chi connectivity index (χ3n) is 4.51. The molecule has 0 spiro atoms. The van der Waals surface area contributed by atoms with Crippen LogP contribution in [0.15, 0.2) is 51.9 Å². The summed E-state index contributed by atoms with van der Waals surface area (Å²) in [7, 11) is 0. The van der Waals surface area contributed by atoms with Crippen molar-refractivity contribution in [3.05, 3.63) is 64.2 Å². The molecule has 2 N–H and O–H groups in total. The number of carbonyl (C=O) groups is 1. The Morgan fingerprint density at radius 3 is 2.84 bits per heavy atom. The minimum atomic E-state index is -0.438. The second kappa shape index (κ2) is 7.98. The first-order valence-electron chi connectivity index (χ1n) is 8.51. The van der Waals surface area contributed by atoms with Crippen molar-refractivity contribution >= 4 is 5.91 Å². The summed E-state index contributed by atoms with van der Waals surface area (Å²) in [4.78, 5) is 26.0. The first kappa shape index (κ1) is 17.2. The largest absolute Gasteiger partial charge is 0.502 e. The zero-order valence-electron chi connectivity index (χ0n) is 14.0. The van der Waals surface area contributed by atoms with Crippen molar-refractivity contribution in [2.24, 2.45) is 0 Å². The molecular weight excluding hydrogens is 320 g/mol. The van der Waals surface area contributed by atoms with Crippen LogP contribution in [-0.2, 0) is 6.54 Å². The summed E-state index contributed by atoms with van der Waals surface area (Å²) >= 11 is 0. The van der Waals surface area contributed by atoms with E-state index in [1.165, 1.54) is 6.07 Å². The zero-order chi connectivity index (χ0) is 17.6. The van der Waals surface area contributed by atoms with E-state index in [-0.39, 0.29) is 17.7 Å². The highest BCUT2D eigenvalue weighted by Gasteiger charge is 2.24. The number of hydrogen-bond acceptors (Lipinski definition) is 5. The molecule has 0 unspecified atom stereocenters. The monoisotopic (exact) mass is 342 g/mol. The molecule has 0 aliphatic carbocycles. The molecule has 1 aromatic carbocycles. The number of likely N-dealkylation sites (tertiary alicyclic amines) is 1. The van der Waals surface area contributed by atoms with Crippen LogP contribution in [0.4, 0.5) is 0 Å². The maximum Gasteiger partial charge on any atom is 0.251 e. The van der Waals surface area contributed by atoms with Crippen LogP contribution in [0.25, 0.3) is 0 Å². The second-order valence-electron chi connectivity index (χ2n) is 6.29. The number of carbonyl (C=O) groups excluding carboxylic acids is 1. The summed E-state index contributed by atoms with van der Waals surface area (Å²) in [5.41, 5.74) is 0.210. The molecule has 0 bridgehead atoms. The molecule has 132 valence electrons. The Morgan fingerprint density at radius 2 is 2.08 bits per heavy atom. The van der Waals surface area contributed by atoms with E-state index in [1.807, 2.05) is 18.2 Å². The van der Waals surface area contributed by atoms with Crippen LogP contribution in [0, 0.1) is 0 Å². The summed E-state index contributed by atoms with van der Waals surface area (Å²) in [6.07, 6.45) is 4.25. The number of benzene rings is 1. The van der Waals surface area contributed by atoms with Crippen LogP contribution in [0.2, 0.25) is 0 Å². The SMILES string of the molecule is O=C(NC[C@@H]1CCCCN1Cc1cc(=O)c(O)co1)c1ccccc1. The van der Waals surface area contributed by atoms with Crippen molar-refractivity contribution in [1.82, 2.24) is 10.2 Å². The van der Waals surface area contributed by atoms with Gasteiger partial charge in [-0.2, -0.15) is 0 Å². The minimum absolute atomic E-state index is 0.0812. The van der Waals surface area contributed by atoms with Gasteiger partial charge < -0.3 is 14.8 Å². The van der Waals surface area contributed by atoms with E-state index in [0.717, 1.165) is 32.1 Å². The molecule has 2 aromatic rings. The Kier molecular flexibility index (Phi) is 5.50. The highest BCUT2D eigenvalue weighted by Crippen LogP contribution is 2.19. The van der Waals surface area contributed by atoms with Crippen molar-refractivity contribution in [3.63, 3.8) is 0 Å². The molecule has 6 heteroatoms. The molecule has 3 rings (SSSR count). The van der Waals surface area contributed by atoms with Crippen molar-refractivity contribution in [1.29, 1.82) is 0 Å². The average Bonchev–Trinajstić information content (AvgIpc) is 2.64. The Hall–Kier alpha value is -2.60. The van der Waals surface area contributed by atoms with E-state index in [1.54, 1.807) is 12.1 Å². The van der Waals surface area contributed by atoms with Crippen molar-refractivity contribution in [2.75, 3.05) is 13.1 Å². The predicted molar refractivity (Wildman–Crippen MR) is 93.5 cm³/mol. The Labute approximate surface area is 146 Å². The van der Waals surface area contributed by atoms with Gasteiger partial charge in [0.1, 0.15) is 12.0 Å². The number of hydrogen-bond donors (Lipinski definition) is 2. The van der Waals surface area contributed by atoms with E-state index in [4.69, 9.17) is 4.42 Å². The smallest absolute Gasteiger partial charge is 0.251 e. The lowest BCUT2D eigenvalue weighted by Crippen LogP contribution is -2.46. The molecule has 1 fully saturated rings. The van der Waals surface area contributed by atoms with Gasteiger partial charge in [-0.25, -0.2) is 0 Å². The lowest BCUT2D eigenvalue weighted by Gasteiger charge is -2.35. The molecule has 0 radical (unpaired) electrons. The third-order valence-corrected chi connectivity index (χ3v) is 4.51. The number of aromatic hydroxyl groups is 1. The zero-order valence-corrected chi connectivity index (χ0v) is 14.0. The minimum Gasteiger partial charge on any atom is -0.502 e. The highest BCUT2D eigenvalue weighted by molar-refractivity contribution is 5.94. The van der Waals surface area contributed by atoms with Crippen LogP contribution in [0.3, 0.4) is 0 Å². The first-order valence-corrected chi connectivity index (χ1v) is 8.51. The average molecular weight is 342 g/mol. The third kappa shape index (κ3) is 4.48. The van der Waals surface area contributed by atoms with Crippen molar-refractivity contribution in [3.8, 4) is 5.75 Å². The maximum atomic E-state index is 12.2. The first-order chi connectivity index (χ1) is 12.1. The van der Waals surface area contributed by atoms with Gasteiger partial charge in [-0.05, 0) is 31.5 Å². The summed E-state index contributed by atoms with van der Waals surface area (Å²) in [6, 6.07) is 10.7. The van der Waals surface area contributed by atoms with Gasteiger partial charge in [-0.1, -0.05) is 24.6 Å². The van der Waals surface area contributed by atoms with Gasteiger partial charge in [-0.15, -0.1) is 0 Å². The van der Waals surface area contributed by atoms with E-state index < -0.39 is 5.43 Å². The molecule has 6 nitrogen and oxygen atoms in total. The molecule has 1 aliphatic heterocycles. The number of nitrogens with zero attached hydrogens (tertiary/aromatic N) is 1. The molecule has 1 aliphatic rings. The maximum absolute atomic E-state index is 12.2. The van der Waals surface area contributed by atoms with Crippen LogP contribution >= 0.6 is 0 Å². The number of amides is 1. The molecule has 1 amide bonds. The summed E-state index contributed by atoms with van der Waals surface area (Å²) in [5.74, 6) is 0.0560. The van der Waals surface area contributed by atoms with Gasteiger partial charge in [0.2, 0.25) is 5.43 Å². The molecule has 1 aromatic heterocycles. The van der Waals surface area contributed by atoms with Gasteiger partial charge >= 0.3 is 0 Å². The van der Waals surface area contributed by atoms with Gasteiger partial charge in [0, 0.05) is 24.2 Å². The lowest BCUT2D eigenvalue weighted by atomic mass is 10.0. The molecular formula is C19H22N2O4.